The van der Waals surface area contributed by atoms with Gasteiger partial charge in [-0.3, -0.25) is 9.80 Å². The van der Waals surface area contributed by atoms with E-state index in [1.165, 1.54) is 0 Å². The third-order valence-electron chi connectivity index (χ3n) is 5.11. The average molecular weight is 368 g/mol. The van der Waals surface area contributed by atoms with Gasteiger partial charge in [-0.25, -0.2) is 8.42 Å². The predicted molar refractivity (Wildman–Crippen MR) is 97.5 cm³/mol. The average Bonchev–Trinajstić information content (AvgIpc) is 2.92. The number of aliphatic hydroxyl groups is 1. The van der Waals surface area contributed by atoms with Gasteiger partial charge in [0.25, 0.3) is 0 Å². The second-order valence-electron chi connectivity index (χ2n) is 6.90. The SMILES string of the molecule is CCCN1CCN(Cc2ccccc2OCCO)[C@@H]2CS(=O)(=O)C[C@@H]21. The van der Waals surface area contributed by atoms with Gasteiger partial charge in [0.05, 0.1) is 18.1 Å². The van der Waals surface area contributed by atoms with Gasteiger partial charge in [0.1, 0.15) is 12.4 Å². The summed E-state index contributed by atoms with van der Waals surface area (Å²) in [6.07, 6.45) is 1.04. The summed E-state index contributed by atoms with van der Waals surface area (Å²) in [5, 5.41) is 8.99. The van der Waals surface area contributed by atoms with Gasteiger partial charge in [-0.15, -0.1) is 0 Å². The van der Waals surface area contributed by atoms with Gasteiger partial charge in [0, 0.05) is 37.3 Å². The molecule has 2 aliphatic rings. The lowest BCUT2D eigenvalue weighted by atomic mass is 10.0. The van der Waals surface area contributed by atoms with Gasteiger partial charge in [0.2, 0.25) is 0 Å². The highest BCUT2D eigenvalue weighted by Gasteiger charge is 2.46. The van der Waals surface area contributed by atoms with Gasteiger partial charge in [-0.05, 0) is 19.0 Å². The Morgan fingerprint density at radius 1 is 1.16 bits per heavy atom. The van der Waals surface area contributed by atoms with E-state index in [0.29, 0.717) is 6.54 Å². The molecule has 7 heteroatoms. The van der Waals surface area contributed by atoms with Crippen molar-refractivity contribution in [2.24, 2.45) is 0 Å². The first-order valence-electron chi connectivity index (χ1n) is 9.04. The Bertz CT molecular complexity index is 679. The third kappa shape index (κ3) is 4.34. The summed E-state index contributed by atoms with van der Waals surface area (Å²) < 4.78 is 30.1. The zero-order valence-electron chi connectivity index (χ0n) is 14.8. The van der Waals surface area contributed by atoms with Crippen LogP contribution < -0.4 is 4.74 Å². The first-order chi connectivity index (χ1) is 12.0. The van der Waals surface area contributed by atoms with E-state index in [-0.39, 0.29) is 36.8 Å². The lowest BCUT2D eigenvalue weighted by Crippen LogP contribution is -2.58. The minimum absolute atomic E-state index is 0.0209. The Kier molecular flexibility index (Phi) is 5.99. The van der Waals surface area contributed by atoms with Gasteiger partial charge >= 0.3 is 0 Å². The van der Waals surface area contributed by atoms with Crippen LogP contribution in [-0.2, 0) is 16.4 Å². The molecule has 3 rings (SSSR count). The highest BCUT2D eigenvalue weighted by atomic mass is 32.2. The highest BCUT2D eigenvalue weighted by Crippen LogP contribution is 2.30. The molecule has 2 aliphatic heterocycles. The van der Waals surface area contributed by atoms with Crippen molar-refractivity contribution in [1.82, 2.24) is 9.80 Å². The first-order valence-corrected chi connectivity index (χ1v) is 10.9. The molecular formula is C18H28N2O4S. The van der Waals surface area contributed by atoms with E-state index in [0.717, 1.165) is 37.4 Å². The van der Waals surface area contributed by atoms with Gasteiger partial charge in [0.15, 0.2) is 9.84 Å². The number of aliphatic hydroxyl groups excluding tert-OH is 1. The molecule has 0 amide bonds. The fourth-order valence-corrected chi connectivity index (χ4v) is 6.05. The summed E-state index contributed by atoms with van der Waals surface area (Å²) >= 11 is 0. The molecule has 0 bridgehead atoms. The van der Waals surface area contributed by atoms with Crippen LogP contribution in [0.15, 0.2) is 24.3 Å². The Balaban J connectivity index is 1.77. The molecule has 0 saturated carbocycles. The summed E-state index contributed by atoms with van der Waals surface area (Å²) in [4.78, 5) is 4.64. The van der Waals surface area contributed by atoms with E-state index < -0.39 is 9.84 Å². The van der Waals surface area contributed by atoms with Crippen LogP contribution in [0, 0.1) is 0 Å². The predicted octanol–water partition coefficient (Wildman–Crippen LogP) is 0.751. The minimum atomic E-state index is -2.98. The van der Waals surface area contributed by atoms with Crippen molar-refractivity contribution in [1.29, 1.82) is 0 Å². The van der Waals surface area contributed by atoms with E-state index in [4.69, 9.17) is 9.84 Å². The summed E-state index contributed by atoms with van der Waals surface area (Å²) in [7, 11) is -2.98. The normalized spacial score (nSPS) is 26.5. The molecule has 25 heavy (non-hydrogen) atoms. The number of para-hydroxylation sites is 1. The number of ether oxygens (including phenoxy) is 1. The fraction of sp³-hybridized carbons (Fsp3) is 0.667. The van der Waals surface area contributed by atoms with E-state index in [9.17, 15) is 8.42 Å². The molecule has 1 N–H and O–H groups in total. The number of rotatable bonds is 7. The minimum Gasteiger partial charge on any atom is -0.491 e. The van der Waals surface area contributed by atoms with Gasteiger partial charge in [-0.2, -0.15) is 0 Å². The molecule has 2 heterocycles. The van der Waals surface area contributed by atoms with Crippen LogP contribution in [0.5, 0.6) is 5.75 Å². The lowest BCUT2D eigenvalue weighted by Gasteiger charge is -2.44. The van der Waals surface area contributed by atoms with Crippen LogP contribution >= 0.6 is 0 Å². The smallest absolute Gasteiger partial charge is 0.153 e. The standard InChI is InChI=1S/C18H28N2O4S/c1-2-7-19-8-9-20(17-14-25(22,23)13-16(17)19)12-15-5-3-4-6-18(15)24-11-10-21/h3-6,16-17,21H,2,7-14H2,1H3/t16-,17+/m0/s1. The maximum Gasteiger partial charge on any atom is 0.153 e. The van der Waals surface area contributed by atoms with Crippen LogP contribution in [0.3, 0.4) is 0 Å². The van der Waals surface area contributed by atoms with Gasteiger partial charge in [-0.1, -0.05) is 25.1 Å². The largest absolute Gasteiger partial charge is 0.491 e. The third-order valence-corrected chi connectivity index (χ3v) is 6.81. The van der Waals surface area contributed by atoms with E-state index in [1.54, 1.807) is 0 Å². The molecule has 2 saturated heterocycles. The van der Waals surface area contributed by atoms with Crippen LogP contribution in [0.25, 0.3) is 0 Å². The van der Waals surface area contributed by atoms with E-state index in [2.05, 4.69) is 16.7 Å². The number of piperazine rings is 1. The summed E-state index contributed by atoms with van der Waals surface area (Å²) in [5.74, 6) is 1.29. The number of fused-ring (bicyclic) bond motifs is 1. The molecule has 2 fully saturated rings. The Hall–Kier alpha value is -1.15. The fourth-order valence-electron chi connectivity index (χ4n) is 4.01. The molecule has 0 radical (unpaired) electrons. The van der Waals surface area contributed by atoms with Crippen molar-refractivity contribution in [2.75, 3.05) is 44.4 Å². The van der Waals surface area contributed by atoms with Crippen molar-refractivity contribution in [3.63, 3.8) is 0 Å². The molecule has 1 aromatic carbocycles. The summed E-state index contributed by atoms with van der Waals surface area (Å²) in [6.45, 7) is 5.79. The molecule has 0 spiro atoms. The topological polar surface area (TPSA) is 70.1 Å². The van der Waals surface area contributed by atoms with Gasteiger partial charge < -0.3 is 9.84 Å². The number of hydrogen-bond acceptors (Lipinski definition) is 6. The van der Waals surface area contributed by atoms with E-state index >= 15 is 0 Å². The Morgan fingerprint density at radius 2 is 1.84 bits per heavy atom. The zero-order chi connectivity index (χ0) is 17.9. The molecular weight excluding hydrogens is 340 g/mol. The molecule has 140 valence electrons. The second kappa shape index (κ2) is 8.03. The van der Waals surface area contributed by atoms with Crippen molar-refractivity contribution < 1.29 is 18.3 Å². The Labute approximate surface area is 150 Å². The van der Waals surface area contributed by atoms with Crippen LogP contribution in [0.4, 0.5) is 0 Å². The number of benzene rings is 1. The monoisotopic (exact) mass is 368 g/mol. The maximum atomic E-state index is 12.2. The Morgan fingerprint density at radius 3 is 2.56 bits per heavy atom. The number of sulfone groups is 1. The van der Waals surface area contributed by atoms with E-state index in [1.807, 2.05) is 24.3 Å². The molecule has 0 unspecified atom stereocenters. The number of nitrogens with zero attached hydrogens (tertiary/aromatic N) is 2. The zero-order valence-corrected chi connectivity index (χ0v) is 15.6. The molecule has 0 aliphatic carbocycles. The van der Waals surface area contributed by atoms with Crippen LogP contribution in [0.1, 0.15) is 18.9 Å². The summed E-state index contributed by atoms with van der Waals surface area (Å²) in [6, 6.07) is 7.96. The van der Waals surface area contributed by atoms with Crippen molar-refractivity contribution in [3.05, 3.63) is 29.8 Å². The van der Waals surface area contributed by atoms with Crippen molar-refractivity contribution in [2.45, 2.75) is 32.0 Å². The molecule has 6 nitrogen and oxygen atoms in total. The lowest BCUT2D eigenvalue weighted by molar-refractivity contribution is 0.0399. The van der Waals surface area contributed by atoms with Crippen molar-refractivity contribution in [3.8, 4) is 5.75 Å². The molecule has 2 atom stereocenters. The maximum absolute atomic E-state index is 12.2. The van der Waals surface area contributed by atoms with Crippen LogP contribution in [0.2, 0.25) is 0 Å². The summed E-state index contributed by atoms with van der Waals surface area (Å²) in [5.41, 5.74) is 1.04. The second-order valence-corrected chi connectivity index (χ2v) is 9.05. The quantitative estimate of drug-likeness (QED) is 0.766. The first kappa shape index (κ1) is 18.6. The van der Waals surface area contributed by atoms with Crippen LogP contribution in [-0.4, -0.2) is 79.8 Å². The van der Waals surface area contributed by atoms with Crippen molar-refractivity contribution >= 4 is 9.84 Å². The highest BCUT2D eigenvalue weighted by molar-refractivity contribution is 7.91. The molecule has 0 aromatic heterocycles. The number of hydrogen-bond donors (Lipinski definition) is 1. The molecule has 1 aromatic rings.